The average molecular weight is 671 g/mol. The van der Waals surface area contributed by atoms with E-state index in [4.69, 9.17) is 19.2 Å². The van der Waals surface area contributed by atoms with Crippen LogP contribution in [0.25, 0.3) is 22.5 Å². The lowest BCUT2D eigenvalue weighted by atomic mass is 9.93. The van der Waals surface area contributed by atoms with Gasteiger partial charge in [-0.25, -0.2) is 14.2 Å². The second-order valence-corrected chi connectivity index (χ2v) is 12.3. The number of fused-ring (bicyclic) bond motifs is 2. The Morgan fingerprint density at radius 3 is 2.43 bits per heavy atom. The van der Waals surface area contributed by atoms with Crippen molar-refractivity contribution in [3.63, 3.8) is 0 Å². The number of thiazole rings is 1. The first-order chi connectivity index (χ1) is 24.0. The summed E-state index contributed by atoms with van der Waals surface area (Å²) in [6.45, 7) is 2.12. The first kappa shape index (κ1) is 31.8. The summed E-state index contributed by atoms with van der Waals surface area (Å²) >= 11 is 1.19. The van der Waals surface area contributed by atoms with Crippen LogP contribution in [0.3, 0.4) is 0 Å². The van der Waals surface area contributed by atoms with E-state index in [9.17, 15) is 14.0 Å². The second kappa shape index (κ2) is 13.7. The predicted octanol–water partition coefficient (Wildman–Crippen LogP) is 6.82. The van der Waals surface area contributed by atoms with Gasteiger partial charge in [0.25, 0.3) is 5.56 Å². The van der Waals surface area contributed by atoms with Crippen LogP contribution >= 0.6 is 11.3 Å². The number of hydrogen-bond donors (Lipinski definition) is 0. The number of rotatable bonds is 9. The zero-order valence-corrected chi connectivity index (χ0v) is 27.6. The molecule has 0 saturated heterocycles. The van der Waals surface area contributed by atoms with E-state index in [-0.39, 0.29) is 24.3 Å². The van der Waals surface area contributed by atoms with Crippen LogP contribution in [0.1, 0.15) is 35.2 Å². The zero-order valence-electron chi connectivity index (χ0n) is 26.8. The van der Waals surface area contributed by atoms with Gasteiger partial charge in [0, 0.05) is 11.1 Å². The Bertz CT molecular complexity index is 2390. The number of hydrogen-bond acceptors (Lipinski definition) is 7. The van der Waals surface area contributed by atoms with E-state index in [2.05, 4.69) is 18.2 Å². The van der Waals surface area contributed by atoms with Crippen molar-refractivity contribution in [2.45, 2.75) is 19.6 Å². The van der Waals surface area contributed by atoms with Crippen LogP contribution < -0.4 is 24.4 Å². The van der Waals surface area contributed by atoms with Gasteiger partial charge in [0.2, 0.25) is 0 Å². The fourth-order valence-electron chi connectivity index (χ4n) is 6.07. The van der Waals surface area contributed by atoms with Crippen molar-refractivity contribution in [3.8, 4) is 11.5 Å². The highest BCUT2D eigenvalue weighted by atomic mass is 32.1. The summed E-state index contributed by atoms with van der Waals surface area (Å²) in [5, 5.41) is 2.19. The van der Waals surface area contributed by atoms with Gasteiger partial charge in [-0.05, 0) is 53.1 Å². The molecule has 0 radical (unpaired) electrons. The van der Waals surface area contributed by atoms with Crippen LogP contribution in [-0.2, 0) is 16.1 Å². The molecule has 0 saturated carbocycles. The molecule has 1 aromatic heterocycles. The van der Waals surface area contributed by atoms with E-state index in [1.807, 2.05) is 72.8 Å². The summed E-state index contributed by atoms with van der Waals surface area (Å²) in [7, 11) is 1.57. The minimum absolute atomic E-state index is 0.127. The van der Waals surface area contributed by atoms with Gasteiger partial charge >= 0.3 is 5.97 Å². The molecule has 5 aromatic carbocycles. The van der Waals surface area contributed by atoms with Crippen LogP contribution in [0.2, 0.25) is 0 Å². The van der Waals surface area contributed by atoms with Crippen LogP contribution in [0, 0.1) is 5.82 Å². The molecule has 244 valence electrons. The molecule has 2 heterocycles. The SMILES string of the molecule is CCOC(=O)C1=C(c2ccccc2)N=c2s/c(=C\c3cccc(OC)c3OCc3cccc4ccccc34)c(=O)n2[C@@H]1c1ccc(F)cc1. The number of benzene rings is 5. The number of nitrogens with zero attached hydrogens (tertiary/aromatic N) is 2. The normalized spacial score (nSPS) is 14.3. The predicted molar refractivity (Wildman–Crippen MR) is 189 cm³/mol. The van der Waals surface area contributed by atoms with Gasteiger partial charge in [-0.15, -0.1) is 0 Å². The van der Waals surface area contributed by atoms with Gasteiger partial charge in [0.15, 0.2) is 16.3 Å². The number of carbonyl (C=O) groups excluding carboxylic acids is 1. The quantitative estimate of drug-likeness (QED) is 0.158. The van der Waals surface area contributed by atoms with Crippen LogP contribution in [0.15, 0.2) is 131 Å². The fraction of sp³-hybridized carbons (Fsp3) is 0.125. The minimum Gasteiger partial charge on any atom is -0.493 e. The Labute approximate surface area is 285 Å². The molecule has 1 aliphatic rings. The van der Waals surface area contributed by atoms with Gasteiger partial charge in [-0.2, -0.15) is 0 Å². The molecule has 0 N–H and O–H groups in total. The Kier molecular flexibility index (Phi) is 8.91. The van der Waals surface area contributed by atoms with E-state index in [1.54, 1.807) is 32.2 Å². The molecule has 0 bridgehead atoms. The summed E-state index contributed by atoms with van der Waals surface area (Å²) in [5.74, 6) is -0.0428. The highest BCUT2D eigenvalue weighted by Crippen LogP contribution is 2.36. The van der Waals surface area contributed by atoms with Gasteiger partial charge < -0.3 is 14.2 Å². The Hall–Kier alpha value is -5.80. The molecular weight excluding hydrogens is 640 g/mol. The van der Waals surface area contributed by atoms with E-state index >= 15 is 0 Å². The van der Waals surface area contributed by atoms with Gasteiger partial charge in [0.1, 0.15) is 12.4 Å². The molecule has 49 heavy (non-hydrogen) atoms. The lowest BCUT2D eigenvalue weighted by Crippen LogP contribution is -2.40. The van der Waals surface area contributed by atoms with E-state index < -0.39 is 17.8 Å². The first-order valence-corrected chi connectivity index (χ1v) is 16.6. The Morgan fingerprint density at radius 1 is 0.918 bits per heavy atom. The fourth-order valence-corrected chi connectivity index (χ4v) is 7.06. The number of methoxy groups -OCH3 is 1. The van der Waals surface area contributed by atoms with Crippen molar-refractivity contribution in [3.05, 3.63) is 169 Å². The number of esters is 1. The third-order valence-electron chi connectivity index (χ3n) is 8.33. The van der Waals surface area contributed by atoms with Gasteiger partial charge in [0.05, 0.1) is 35.6 Å². The maximum atomic E-state index is 14.4. The highest BCUT2D eigenvalue weighted by Gasteiger charge is 2.35. The second-order valence-electron chi connectivity index (χ2n) is 11.3. The standard InChI is InChI=1S/C40H31FN2O5S/c1-3-47-39(45)34-35(26-12-5-4-6-13-26)42-40-43(36(34)27-19-21-30(41)22-20-27)38(44)33(49-40)23-28-15-10-18-32(46-2)37(28)48-24-29-16-9-14-25-11-7-8-17-31(25)29/h4-23,36H,3,24H2,1-2H3/b33-23-/t36-/m1/s1. The Balaban J connectivity index is 1.39. The van der Waals surface area contributed by atoms with E-state index in [0.29, 0.717) is 43.2 Å². The summed E-state index contributed by atoms with van der Waals surface area (Å²) in [5.41, 5.74) is 3.09. The molecule has 1 atom stereocenters. The molecule has 7 nitrogen and oxygen atoms in total. The van der Waals surface area contributed by atoms with Crippen molar-refractivity contribution in [1.82, 2.24) is 4.57 Å². The molecule has 1 aliphatic heterocycles. The maximum Gasteiger partial charge on any atom is 0.338 e. The maximum absolute atomic E-state index is 14.4. The topological polar surface area (TPSA) is 79.1 Å². The summed E-state index contributed by atoms with van der Waals surface area (Å²) < 4.78 is 33.6. The molecule has 6 aromatic rings. The molecule has 0 spiro atoms. The number of carbonyl (C=O) groups is 1. The van der Waals surface area contributed by atoms with Gasteiger partial charge in [-0.1, -0.05) is 108 Å². The van der Waals surface area contributed by atoms with Crippen LogP contribution in [-0.4, -0.2) is 24.3 Å². The highest BCUT2D eigenvalue weighted by molar-refractivity contribution is 7.07. The number of aromatic nitrogens is 1. The van der Waals surface area contributed by atoms with Crippen molar-refractivity contribution in [1.29, 1.82) is 0 Å². The number of para-hydroxylation sites is 1. The summed E-state index contributed by atoms with van der Waals surface area (Å²) in [6, 6.07) is 33.8. The number of ether oxygens (including phenoxy) is 3. The van der Waals surface area contributed by atoms with Crippen molar-refractivity contribution in [2.24, 2.45) is 4.99 Å². The first-order valence-electron chi connectivity index (χ1n) is 15.8. The number of halogens is 1. The molecule has 0 amide bonds. The van der Waals surface area contributed by atoms with E-state index in [0.717, 1.165) is 16.3 Å². The zero-order chi connectivity index (χ0) is 33.9. The average Bonchev–Trinajstić information content (AvgIpc) is 3.44. The summed E-state index contributed by atoms with van der Waals surface area (Å²) in [4.78, 5) is 33.3. The smallest absolute Gasteiger partial charge is 0.338 e. The molecule has 0 aliphatic carbocycles. The largest absolute Gasteiger partial charge is 0.493 e. The van der Waals surface area contributed by atoms with Crippen molar-refractivity contribution >= 4 is 39.9 Å². The third kappa shape index (κ3) is 6.16. The third-order valence-corrected chi connectivity index (χ3v) is 9.31. The lowest BCUT2D eigenvalue weighted by Gasteiger charge is -2.25. The summed E-state index contributed by atoms with van der Waals surface area (Å²) in [6.07, 6.45) is 1.75. The molecule has 0 unspecified atom stereocenters. The molecule has 0 fully saturated rings. The van der Waals surface area contributed by atoms with Crippen molar-refractivity contribution < 1.29 is 23.4 Å². The molecule has 9 heteroatoms. The molecule has 7 rings (SSSR count). The van der Waals surface area contributed by atoms with Gasteiger partial charge in [-0.3, -0.25) is 9.36 Å². The Morgan fingerprint density at radius 2 is 1.65 bits per heavy atom. The van der Waals surface area contributed by atoms with Crippen molar-refractivity contribution in [2.75, 3.05) is 13.7 Å². The van der Waals surface area contributed by atoms with Crippen LogP contribution in [0.4, 0.5) is 4.39 Å². The monoisotopic (exact) mass is 670 g/mol. The van der Waals surface area contributed by atoms with Crippen LogP contribution in [0.5, 0.6) is 11.5 Å². The van der Waals surface area contributed by atoms with E-state index in [1.165, 1.54) is 28.0 Å². The lowest BCUT2D eigenvalue weighted by molar-refractivity contribution is -0.138. The molecular formula is C40H31FN2O5S. The minimum atomic E-state index is -0.916.